The Morgan fingerprint density at radius 1 is 1.31 bits per heavy atom. The molecular weight excluding hydrogens is 202 g/mol. The summed E-state index contributed by atoms with van der Waals surface area (Å²) in [6.07, 6.45) is 2.12. The van der Waals surface area contributed by atoms with Gasteiger partial charge < -0.3 is 20.2 Å². The number of likely N-dealkylation sites (tertiary alicyclic amines) is 1. The van der Waals surface area contributed by atoms with Crippen molar-refractivity contribution in [1.82, 2.24) is 15.1 Å². The summed E-state index contributed by atoms with van der Waals surface area (Å²) in [7, 11) is 4.15. The van der Waals surface area contributed by atoms with E-state index in [4.69, 9.17) is 0 Å². The standard InChI is InChI=1S/C12H27N3O/c1-4-15-8-5-12(11-16,6-9-15)13-7-10-14(2)3/h13,16H,4-11H2,1-3H3. The van der Waals surface area contributed by atoms with Crippen molar-refractivity contribution in [3.63, 3.8) is 0 Å². The lowest BCUT2D eigenvalue weighted by molar-refractivity contribution is 0.0798. The highest BCUT2D eigenvalue weighted by molar-refractivity contribution is 4.92. The van der Waals surface area contributed by atoms with Crippen molar-refractivity contribution in [2.45, 2.75) is 25.3 Å². The molecule has 1 saturated heterocycles. The molecule has 4 heteroatoms. The summed E-state index contributed by atoms with van der Waals surface area (Å²) in [5, 5.41) is 13.1. The van der Waals surface area contributed by atoms with Gasteiger partial charge in [-0.3, -0.25) is 0 Å². The minimum absolute atomic E-state index is 0.0261. The summed E-state index contributed by atoms with van der Waals surface area (Å²) >= 11 is 0. The van der Waals surface area contributed by atoms with Crippen LogP contribution in [0.25, 0.3) is 0 Å². The molecule has 0 aliphatic carbocycles. The van der Waals surface area contributed by atoms with Crippen LogP contribution in [-0.4, -0.2) is 73.9 Å². The Morgan fingerprint density at radius 2 is 1.94 bits per heavy atom. The molecule has 2 N–H and O–H groups in total. The van der Waals surface area contributed by atoms with Gasteiger partial charge >= 0.3 is 0 Å². The highest BCUT2D eigenvalue weighted by atomic mass is 16.3. The Hall–Kier alpha value is -0.160. The SMILES string of the molecule is CCN1CCC(CO)(NCCN(C)C)CC1. The van der Waals surface area contributed by atoms with Crippen LogP contribution in [0.1, 0.15) is 19.8 Å². The molecule has 1 aliphatic rings. The summed E-state index contributed by atoms with van der Waals surface area (Å²) < 4.78 is 0. The van der Waals surface area contributed by atoms with Crippen LogP contribution in [-0.2, 0) is 0 Å². The maximum Gasteiger partial charge on any atom is 0.0614 e. The number of rotatable bonds is 6. The predicted octanol–water partition coefficient (Wildman–Crippen LogP) is -0.0156. The van der Waals surface area contributed by atoms with Gasteiger partial charge in [-0.25, -0.2) is 0 Å². The van der Waals surface area contributed by atoms with Gasteiger partial charge in [0.05, 0.1) is 6.61 Å². The second-order valence-electron chi connectivity index (χ2n) is 5.10. The fraction of sp³-hybridized carbons (Fsp3) is 1.00. The summed E-state index contributed by atoms with van der Waals surface area (Å²) in [5.74, 6) is 0. The summed E-state index contributed by atoms with van der Waals surface area (Å²) in [6.45, 7) is 7.78. The molecule has 1 rings (SSSR count). The number of likely N-dealkylation sites (N-methyl/N-ethyl adjacent to an activating group) is 1. The van der Waals surface area contributed by atoms with Crippen molar-refractivity contribution < 1.29 is 5.11 Å². The van der Waals surface area contributed by atoms with Gasteiger partial charge in [-0.1, -0.05) is 6.92 Å². The van der Waals surface area contributed by atoms with E-state index in [0.29, 0.717) is 0 Å². The van der Waals surface area contributed by atoms with Gasteiger partial charge in [-0.05, 0) is 46.6 Å². The molecule has 16 heavy (non-hydrogen) atoms. The Kier molecular flexibility index (Phi) is 5.69. The van der Waals surface area contributed by atoms with E-state index in [1.54, 1.807) is 0 Å². The number of hydrogen-bond acceptors (Lipinski definition) is 4. The van der Waals surface area contributed by atoms with Crippen molar-refractivity contribution in [2.24, 2.45) is 0 Å². The van der Waals surface area contributed by atoms with Gasteiger partial charge in [0.1, 0.15) is 0 Å². The Labute approximate surface area is 99.6 Å². The van der Waals surface area contributed by atoms with Crippen molar-refractivity contribution in [3.8, 4) is 0 Å². The van der Waals surface area contributed by atoms with E-state index in [1.165, 1.54) is 0 Å². The lowest BCUT2D eigenvalue weighted by Gasteiger charge is -2.41. The van der Waals surface area contributed by atoms with E-state index in [1.807, 2.05) is 0 Å². The number of aliphatic hydroxyl groups excluding tert-OH is 1. The second-order valence-corrected chi connectivity index (χ2v) is 5.10. The van der Waals surface area contributed by atoms with Gasteiger partial charge in [0.15, 0.2) is 0 Å². The Bertz CT molecular complexity index is 189. The van der Waals surface area contributed by atoms with Crippen molar-refractivity contribution >= 4 is 0 Å². The molecule has 0 bridgehead atoms. The molecule has 1 fully saturated rings. The van der Waals surface area contributed by atoms with Gasteiger partial charge in [0.25, 0.3) is 0 Å². The molecule has 0 spiro atoms. The van der Waals surface area contributed by atoms with Crippen LogP contribution in [0.5, 0.6) is 0 Å². The average Bonchev–Trinajstić information content (AvgIpc) is 2.29. The third kappa shape index (κ3) is 4.01. The van der Waals surface area contributed by atoms with E-state index < -0.39 is 0 Å². The number of nitrogens with one attached hydrogen (secondary N) is 1. The van der Waals surface area contributed by atoms with E-state index in [9.17, 15) is 5.11 Å². The van der Waals surface area contributed by atoms with Crippen molar-refractivity contribution in [1.29, 1.82) is 0 Å². The molecule has 0 amide bonds. The molecule has 0 atom stereocenters. The summed E-state index contributed by atoms with van der Waals surface area (Å²) in [5.41, 5.74) is -0.0261. The number of piperidine rings is 1. The first-order valence-corrected chi connectivity index (χ1v) is 6.35. The zero-order valence-electron chi connectivity index (χ0n) is 11.0. The van der Waals surface area contributed by atoms with Crippen molar-refractivity contribution in [2.75, 3.05) is 53.4 Å². The molecule has 0 saturated carbocycles. The molecule has 4 nitrogen and oxygen atoms in total. The van der Waals surface area contributed by atoms with Crippen LogP contribution in [0.4, 0.5) is 0 Å². The molecule has 0 unspecified atom stereocenters. The summed E-state index contributed by atoms with van der Waals surface area (Å²) in [6, 6.07) is 0. The zero-order chi connectivity index (χ0) is 12.0. The van der Waals surface area contributed by atoms with Crippen LogP contribution < -0.4 is 5.32 Å². The van der Waals surface area contributed by atoms with Crippen LogP contribution in [0.15, 0.2) is 0 Å². The van der Waals surface area contributed by atoms with Gasteiger partial charge in [-0.15, -0.1) is 0 Å². The minimum Gasteiger partial charge on any atom is -0.394 e. The fourth-order valence-corrected chi connectivity index (χ4v) is 2.23. The zero-order valence-corrected chi connectivity index (χ0v) is 11.0. The molecule has 1 aliphatic heterocycles. The minimum atomic E-state index is -0.0261. The number of nitrogens with zero attached hydrogens (tertiary/aromatic N) is 2. The average molecular weight is 229 g/mol. The largest absolute Gasteiger partial charge is 0.394 e. The third-order valence-corrected chi connectivity index (χ3v) is 3.62. The maximum atomic E-state index is 9.57. The lowest BCUT2D eigenvalue weighted by Crippen LogP contribution is -2.56. The van der Waals surface area contributed by atoms with Gasteiger partial charge in [-0.2, -0.15) is 0 Å². The Morgan fingerprint density at radius 3 is 2.38 bits per heavy atom. The normalized spacial score (nSPS) is 21.6. The number of aliphatic hydroxyl groups is 1. The fourth-order valence-electron chi connectivity index (χ4n) is 2.23. The molecule has 0 radical (unpaired) electrons. The predicted molar refractivity (Wildman–Crippen MR) is 67.7 cm³/mol. The first-order valence-electron chi connectivity index (χ1n) is 6.35. The molecule has 0 aromatic heterocycles. The monoisotopic (exact) mass is 229 g/mol. The van der Waals surface area contributed by atoms with Crippen LogP contribution in [0.3, 0.4) is 0 Å². The molecule has 96 valence electrons. The summed E-state index contributed by atoms with van der Waals surface area (Å²) in [4.78, 5) is 4.61. The van der Waals surface area contributed by atoms with E-state index in [0.717, 1.165) is 45.6 Å². The molecular formula is C12H27N3O. The second kappa shape index (κ2) is 6.55. The third-order valence-electron chi connectivity index (χ3n) is 3.62. The topological polar surface area (TPSA) is 38.7 Å². The molecule has 1 heterocycles. The number of hydrogen-bond donors (Lipinski definition) is 2. The van der Waals surface area contributed by atoms with Crippen LogP contribution in [0, 0.1) is 0 Å². The quantitative estimate of drug-likeness (QED) is 0.672. The Balaban J connectivity index is 2.34. The highest BCUT2D eigenvalue weighted by Gasteiger charge is 2.32. The van der Waals surface area contributed by atoms with Gasteiger partial charge in [0, 0.05) is 18.6 Å². The van der Waals surface area contributed by atoms with E-state index in [-0.39, 0.29) is 12.1 Å². The smallest absolute Gasteiger partial charge is 0.0614 e. The first kappa shape index (κ1) is 13.9. The first-order chi connectivity index (χ1) is 7.62. The molecule has 0 aromatic carbocycles. The van der Waals surface area contributed by atoms with E-state index >= 15 is 0 Å². The van der Waals surface area contributed by atoms with E-state index in [2.05, 4.69) is 36.1 Å². The maximum absolute atomic E-state index is 9.57. The lowest BCUT2D eigenvalue weighted by atomic mass is 9.88. The van der Waals surface area contributed by atoms with Crippen LogP contribution in [0.2, 0.25) is 0 Å². The highest BCUT2D eigenvalue weighted by Crippen LogP contribution is 2.21. The van der Waals surface area contributed by atoms with Gasteiger partial charge in [0.2, 0.25) is 0 Å². The van der Waals surface area contributed by atoms with Crippen molar-refractivity contribution in [3.05, 3.63) is 0 Å². The molecule has 0 aromatic rings. The van der Waals surface area contributed by atoms with Crippen LogP contribution >= 0.6 is 0 Å².